The molecule has 8 rings (SSSR count). The van der Waals surface area contributed by atoms with E-state index in [-0.39, 0.29) is 79.0 Å². The summed E-state index contributed by atoms with van der Waals surface area (Å²) >= 11 is 0. The maximum absolute atomic E-state index is 15.5. The predicted molar refractivity (Wildman–Crippen MR) is 362 cm³/mol. The number of unbranched alkanes of at least 4 members (excludes halogenated alkanes) is 3. The lowest BCUT2D eigenvalue weighted by Gasteiger charge is -2.68. The van der Waals surface area contributed by atoms with Crippen molar-refractivity contribution in [2.75, 3.05) is 18.5 Å². The van der Waals surface area contributed by atoms with E-state index in [1.54, 1.807) is 71.0 Å². The fourth-order valence-electron chi connectivity index (χ4n) is 14.7. The van der Waals surface area contributed by atoms with Crippen LogP contribution in [0, 0.1) is 28.1 Å². The molecule has 3 aliphatic carbocycles. The number of Topliss-reactive ketones (excluding diaryl/α,β-unsaturated/α-hetero) is 2. The minimum Gasteiger partial charge on any atom is -0.455 e. The average molecular weight is 1400 g/mol. The summed E-state index contributed by atoms with van der Waals surface area (Å²) in [6.45, 7) is 15.1. The molecule has 3 aromatic rings. The van der Waals surface area contributed by atoms with Crippen molar-refractivity contribution in [1.82, 2.24) is 20.9 Å². The van der Waals surface area contributed by atoms with Crippen molar-refractivity contribution in [2.24, 2.45) is 33.8 Å². The molecule has 101 heavy (non-hydrogen) atoms. The first-order valence-corrected chi connectivity index (χ1v) is 34.1. The molecule has 27 nitrogen and oxygen atoms in total. The molecule has 2 saturated carbocycles. The third kappa shape index (κ3) is 17.6. The number of anilines is 1. The van der Waals surface area contributed by atoms with Gasteiger partial charge in [0.15, 0.2) is 5.78 Å². The summed E-state index contributed by atoms with van der Waals surface area (Å²) in [6.07, 6.45) is -9.17. The van der Waals surface area contributed by atoms with Crippen molar-refractivity contribution >= 4 is 76.9 Å². The van der Waals surface area contributed by atoms with Gasteiger partial charge in [-0.2, -0.15) is 0 Å². The van der Waals surface area contributed by atoms with Crippen LogP contribution in [0.25, 0.3) is 0 Å². The number of carbonyl (C=O) groups is 12. The number of amides is 7. The summed E-state index contributed by atoms with van der Waals surface area (Å²) < 4.78 is 36.1. The highest BCUT2D eigenvalue weighted by atomic mass is 16.7. The first-order valence-electron chi connectivity index (χ1n) is 34.1. The Hall–Kier alpha value is -9.18. The molecular weight excluding hydrogens is 1310 g/mol. The summed E-state index contributed by atoms with van der Waals surface area (Å²) in [6, 6.07) is 17.8. The number of hydrogen-bond donors (Lipinski definition) is 8. The number of alkyl carbamates (subject to hydrolysis) is 1. The maximum atomic E-state index is 15.5. The van der Waals surface area contributed by atoms with Gasteiger partial charge in [0, 0.05) is 73.2 Å². The molecule has 3 aromatic carbocycles. The fourth-order valence-corrected chi connectivity index (χ4v) is 14.7. The highest BCUT2D eigenvalue weighted by Gasteiger charge is 2.76. The Balaban J connectivity index is 1.03. The molecule has 2 aliphatic heterocycles. The number of benzene rings is 3. The number of carbonyl (C=O) groups excluding carboxylic acids is 12. The molecule has 5 aliphatic rings. The first kappa shape index (κ1) is 77.6. The molecule has 7 amide bonds. The molecular formula is C74H94N6O21. The molecule has 2 bridgehead atoms. The highest BCUT2D eigenvalue weighted by molar-refractivity contribution is 6.12. The highest BCUT2D eigenvalue weighted by Crippen LogP contribution is 2.67. The summed E-state index contributed by atoms with van der Waals surface area (Å²) in [5.41, 5.74) is -2.58. The number of ketones is 2. The van der Waals surface area contributed by atoms with Crippen LogP contribution in [0.15, 0.2) is 108 Å². The van der Waals surface area contributed by atoms with Crippen LogP contribution in [0.4, 0.5) is 15.3 Å². The van der Waals surface area contributed by atoms with Gasteiger partial charge in [0.25, 0.3) is 11.8 Å². The minimum absolute atomic E-state index is 0.0271. The molecule has 2 heterocycles. The van der Waals surface area contributed by atoms with E-state index < -0.39 is 172 Å². The van der Waals surface area contributed by atoms with Crippen LogP contribution < -0.4 is 27.0 Å². The summed E-state index contributed by atoms with van der Waals surface area (Å²) in [5, 5.41) is 49.7. The van der Waals surface area contributed by atoms with Gasteiger partial charge in [-0.1, -0.05) is 101 Å². The second-order valence-corrected chi connectivity index (χ2v) is 29.0. The Morgan fingerprint density at radius 2 is 1.42 bits per heavy atom. The number of nitrogens with two attached hydrogens (primary N) is 1. The lowest BCUT2D eigenvalue weighted by Crippen LogP contribution is -2.78. The number of ether oxygens (including phenoxy) is 6. The van der Waals surface area contributed by atoms with Gasteiger partial charge in [0.05, 0.1) is 29.8 Å². The SMILES string of the molecule is CC(=O)C[C@@]12CO[C@@H]1C[C@H](O)[C@@]1(C)C(=O)[C@H](O)C3=C(C)[C@@H](OC(=O)[C@H](OC(=O)OCc4ccc(NC(=O)[C@H](CCCCC(N)=O)NC(=O)[C@@H](NC(=O)CCCCCN5C(=O)C=CC5=O)C(C)C)cc4)[C@@H](NC(=O)OC(C)(C)C)c4ccccc4)C[C@@](O)([C@@H](OC(=O)c4ccccc4)[C@H]21)C3(C)C. The van der Waals surface area contributed by atoms with Gasteiger partial charge >= 0.3 is 24.2 Å². The number of esters is 2. The lowest BCUT2D eigenvalue weighted by molar-refractivity contribution is -0.319. The zero-order valence-electron chi connectivity index (χ0n) is 58.7. The molecule has 1 saturated heterocycles. The molecule has 3 fully saturated rings. The summed E-state index contributed by atoms with van der Waals surface area (Å²) in [7, 11) is 0. The van der Waals surface area contributed by atoms with Gasteiger partial charge < -0.3 is 75.5 Å². The summed E-state index contributed by atoms with van der Waals surface area (Å²) in [5.74, 6) is -8.48. The van der Waals surface area contributed by atoms with E-state index in [2.05, 4.69) is 21.3 Å². The van der Waals surface area contributed by atoms with Crippen LogP contribution in [0.2, 0.25) is 0 Å². The lowest BCUT2D eigenvalue weighted by atomic mass is 9.41. The van der Waals surface area contributed by atoms with Crippen molar-refractivity contribution in [3.05, 3.63) is 125 Å². The Bertz CT molecular complexity index is 3670. The molecule has 0 radical (unpaired) electrons. The van der Waals surface area contributed by atoms with Gasteiger partial charge in [-0.15, -0.1) is 0 Å². The largest absolute Gasteiger partial charge is 0.509 e. The molecule has 0 unspecified atom stereocenters. The van der Waals surface area contributed by atoms with Crippen molar-refractivity contribution in [1.29, 1.82) is 0 Å². The standard InChI is InChI=1S/C74H94N6O21/c1-41(2)57(78-53(84)28-18-13-21-35-80-54(85)33-34-55(80)86)65(90)77-48(26-19-20-27-52(75)83)64(89)76-47-31-29-44(30-32-47)39-96-69(94)99-60(58(45-22-14-11-15-23-45)79-68(93)101-70(5,6)7)67(92)98-49-38-74(95)63(100-66(91)46-24-16-12-17-25-46)61-72(10,62(88)59(87)56(43(49)4)71(74,8)9)50(82)36-51-73(61,40-97-51)37-42(3)81/h11-12,14-17,22-25,29-34,41,48-51,57-61,63,82,87,95H,13,18-21,26-28,35-40H2,1-10H3,(H2,75,83)(H,76,89)(H,77,90)(H,78,84)(H,79,93)/t48-,49-,50-,51+,57-,58-,59+,60+,61-,63-,72+,73+,74+/m0/s1. The van der Waals surface area contributed by atoms with Crippen molar-refractivity contribution < 1.29 is 101 Å². The van der Waals surface area contributed by atoms with Crippen LogP contribution in [0.5, 0.6) is 0 Å². The zero-order valence-corrected chi connectivity index (χ0v) is 58.7. The van der Waals surface area contributed by atoms with E-state index in [1.807, 2.05) is 0 Å². The Kier molecular flexibility index (Phi) is 24.7. The van der Waals surface area contributed by atoms with Gasteiger partial charge in [0.2, 0.25) is 29.7 Å². The number of primary amides is 1. The fraction of sp³-hybridized carbons (Fsp3) is 0.541. The number of aliphatic hydroxyl groups is 3. The smallest absolute Gasteiger partial charge is 0.455 e. The van der Waals surface area contributed by atoms with E-state index in [1.165, 1.54) is 95.3 Å². The number of aliphatic hydroxyl groups excluding tert-OH is 2. The van der Waals surface area contributed by atoms with E-state index in [0.29, 0.717) is 37.7 Å². The van der Waals surface area contributed by atoms with Crippen LogP contribution in [0.1, 0.15) is 167 Å². The van der Waals surface area contributed by atoms with Crippen LogP contribution in [-0.4, -0.2) is 164 Å². The van der Waals surface area contributed by atoms with E-state index >= 15 is 9.59 Å². The van der Waals surface area contributed by atoms with Crippen LogP contribution in [0.3, 0.4) is 0 Å². The first-order chi connectivity index (χ1) is 47.5. The van der Waals surface area contributed by atoms with E-state index in [9.17, 15) is 63.3 Å². The average Bonchev–Trinajstić information content (AvgIpc) is 0.849. The number of imide groups is 1. The van der Waals surface area contributed by atoms with Crippen molar-refractivity contribution in [2.45, 2.75) is 212 Å². The number of rotatable bonds is 29. The Morgan fingerprint density at radius 1 is 0.782 bits per heavy atom. The van der Waals surface area contributed by atoms with Crippen molar-refractivity contribution in [3.8, 4) is 0 Å². The second kappa shape index (κ2) is 32.2. The maximum Gasteiger partial charge on any atom is 0.509 e. The third-order valence-electron chi connectivity index (χ3n) is 20.1. The molecule has 13 atom stereocenters. The molecule has 0 spiro atoms. The monoisotopic (exact) mass is 1400 g/mol. The van der Waals surface area contributed by atoms with Gasteiger partial charge in [-0.05, 0) is 120 Å². The topological polar surface area (TPSA) is 398 Å². The summed E-state index contributed by atoms with van der Waals surface area (Å²) in [4.78, 5) is 165. The zero-order chi connectivity index (χ0) is 74.1. The number of nitrogens with one attached hydrogen (secondary N) is 4. The molecule has 27 heteroatoms. The number of hydrogen-bond acceptors (Lipinski definition) is 21. The van der Waals surface area contributed by atoms with Gasteiger partial charge in [0.1, 0.15) is 60.0 Å². The quantitative estimate of drug-likeness (QED) is 0.0123. The normalized spacial score (nSPS) is 25.4. The number of fused-ring (bicyclic) bond motifs is 5. The van der Waals surface area contributed by atoms with E-state index in [0.717, 1.165) is 4.90 Å². The van der Waals surface area contributed by atoms with Crippen LogP contribution >= 0.6 is 0 Å². The second-order valence-electron chi connectivity index (χ2n) is 29.0. The molecule has 546 valence electrons. The van der Waals surface area contributed by atoms with E-state index in [4.69, 9.17) is 34.2 Å². The predicted octanol–water partition coefficient (Wildman–Crippen LogP) is 6.38. The molecule has 9 N–H and O–H groups in total. The van der Waals surface area contributed by atoms with Gasteiger partial charge in [-0.25, -0.2) is 19.2 Å². The third-order valence-corrected chi connectivity index (χ3v) is 20.1. The molecule has 0 aromatic heterocycles. The van der Waals surface area contributed by atoms with Gasteiger partial charge in [-0.3, -0.25) is 38.5 Å². The minimum atomic E-state index is -2.46. The van der Waals surface area contributed by atoms with Crippen LogP contribution in [-0.2, 0) is 78.2 Å². The van der Waals surface area contributed by atoms with Crippen molar-refractivity contribution in [3.63, 3.8) is 0 Å². The Morgan fingerprint density at radius 3 is 2.01 bits per heavy atom. The number of nitrogens with zero attached hydrogens (tertiary/aromatic N) is 1. The Labute approximate surface area is 586 Å².